The lowest BCUT2D eigenvalue weighted by Gasteiger charge is -1.98. The van der Waals surface area contributed by atoms with Gasteiger partial charge in [0.2, 0.25) is 0 Å². The van der Waals surface area contributed by atoms with Crippen LogP contribution in [0.2, 0.25) is 0 Å². The van der Waals surface area contributed by atoms with Gasteiger partial charge in [0.15, 0.2) is 0 Å². The van der Waals surface area contributed by atoms with E-state index in [1.54, 1.807) is 0 Å². The topological polar surface area (TPSA) is 24.1 Å². The van der Waals surface area contributed by atoms with Gasteiger partial charge in [0.25, 0.3) is 0 Å². The maximum absolute atomic E-state index is 2.86. The van der Waals surface area contributed by atoms with Crippen molar-refractivity contribution in [3.05, 3.63) is 72.9 Å². The van der Waals surface area contributed by atoms with Crippen molar-refractivity contribution in [2.45, 2.75) is 0 Å². The molecule has 0 radical (unpaired) electrons. The van der Waals surface area contributed by atoms with E-state index in [1.165, 1.54) is 11.1 Å². The number of hydrogen-bond donors (Lipinski definition) is 2. The molecule has 2 heteroatoms. The Morgan fingerprint density at radius 3 is 1.53 bits per heavy atom. The Labute approximate surface area is 102 Å². The van der Waals surface area contributed by atoms with E-state index in [0.29, 0.717) is 0 Å². The van der Waals surface area contributed by atoms with Crippen LogP contribution in [0.25, 0.3) is 11.1 Å². The quantitative estimate of drug-likeness (QED) is 0.778. The van der Waals surface area contributed by atoms with Crippen molar-refractivity contribution >= 4 is 0 Å². The van der Waals surface area contributed by atoms with Crippen LogP contribution in [0.1, 0.15) is 0 Å². The van der Waals surface area contributed by atoms with Gasteiger partial charge in [-0.25, -0.2) is 5.43 Å². The molecule has 1 aliphatic heterocycles. The van der Waals surface area contributed by atoms with Gasteiger partial charge in [-0.05, 0) is 11.1 Å². The van der Waals surface area contributed by atoms with Gasteiger partial charge >= 0.3 is 0 Å². The summed E-state index contributed by atoms with van der Waals surface area (Å²) in [6.45, 7) is 0.958. The number of nitrogens with one attached hydrogen (secondary N) is 2. The first-order valence-corrected chi connectivity index (χ1v) is 5.71. The van der Waals surface area contributed by atoms with E-state index in [2.05, 4.69) is 59.4 Å². The molecule has 0 saturated heterocycles. The molecule has 1 heterocycles. The molecule has 0 aliphatic carbocycles. The Morgan fingerprint density at radius 2 is 1.24 bits per heavy atom. The average molecular weight is 224 g/mol. The van der Waals surface area contributed by atoms with Gasteiger partial charge in [-0.1, -0.05) is 66.7 Å². The van der Waals surface area contributed by atoms with Gasteiger partial charge in [-0.3, -0.25) is 0 Å². The van der Waals surface area contributed by atoms with E-state index in [0.717, 1.165) is 6.54 Å². The first-order valence-electron chi connectivity index (χ1n) is 5.71. The summed E-state index contributed by atoms with van der Waals surface area (Å²) in [5.41, 5.74) is 8.20. The number of hydrogen-bond acceptors (Lipinski definition) is 2. The molecule has 2 N–H and O–H groups in total. The lowest BCUT2D eigenvalue weighted by atomic mass is 10.1. The standard InChI is InChI=1S/C12H10.C3H6N2/c1-3-7-11(8-4-1)12-9-5-2-6-10-12;1-2-4-5-3-1/h1-10H;1-2,4-5H,3H2. The maximum atomic E-state index is 2.86. The van der Waals surface area contributed by atoms with Crippen molar-refractivity contribution in [2.75, 3.05) is 6.54 Å². The number of hydrazine groups is 1. The molecule has 0 fully saturated rings. The molecule has 3 rings (SSSR count). The van der Waals surface area contributed by atoms with E-state index >= 15 is 0 Å². The summed E-state index contributed by atoms with van der Waals surface area (Å²) >= 11 is 0. The minimum absolute atomic E-state index is 0.958. The maximum Gasteiger partial charge on any atom is 0.0345 e. The van der Waals surface area contributed by atoms with Gasteiger partial charge in [0.1, 0.15) is 0 Å². The van der Waals surface area contributed by atoms with Crippen molar-refractivity contribution in [1.82, 2.24) is 10.9 Å². The minimum Gasteiger partial charge on any atom is -0.329 e. The molecule has 1 aliphatic rings. The number of rotatable bonds is 1. The first-order chi connectivity index (χ1) is 8.47. The molecule has 2 nitrogen and oxygen atoms in total. The summed E-state index contributed by atoms with van der Waals surface area (Å²) in [6.07, 6.45) is 3.89. The molecule has 0 saturated carbocycles. The van der Waals surface area contributed by atoms with Gasteiger partial charge in [0.05, 0.1) is 0 Å². The molecule has 0 spiro atoms. The molecule has 0 bridgehead atoms. The fourth-order valence-corrected chi connectivity index (χ4v) is 1.56. The Bertz CT molecular complexity index is 405. The molecule has 0 amide bonds. The van der Waals surface area contributed by atoms with E-state index in [1.807, 2.05) is 24.4 Å². The zero-order valence-corrected chi connectivity index (χ0v) is 9.64. The number of benzene rings is 2. The fraction of sp³-hybridized carbons (Fsp3) is 0.0667. The first kappa shape index (κ1) is 11.4. The third-order valence-electron chi connectivity index (χ3n) is 2.40. The van der Waals surface area contributed by atoms with Crippen LogP contribution in [0.3, 0.4) is 0 Å². The van der Waals surface area contributed by atoms with Gasteiger partial charge in [0, 0.05) is 12.7 Å². The summed E-state index contributed by atoms with van der Waals surface area (Å²) in [4.78, 5) is 0. The molecule has 2 aromatic carbocycles. The summed E-state index contributed by atoms with van der Waals surface area (Å²) < 4.78 is 0. The third-order valence-corrected chi connectivity index (χ3v) is 2.40. The van der Waals surface area contributed by atoms with Crippen molar-refractivity contribution in [3.63, 3.8) is 0 Å². The third kappa shape index (κ3) is 3.78. The highest BCUT2D eigenvalue weighted by Crippen LogP contribution is 2.17. The highest BCUT2D eigenvalue weighted by molar-refractivity contribution is 5.62. The van der Waals surface area contributed by atoms with Crippen LogP contribution in [0, 0.1) is 0 Å². The Hall–Kier alpha value is -2.06. The zero-order chi connectivity index (χ0) is 11.8. The molecule has 0 aromatic heterocycles. The van der Waals surface area contributed by atoms with Crippen molar-refractivity contribution in [2.24, 2.45) is 0 Å². The highest BCUT2D eigenvalue weighted by atomic mass is 15.4. The van der Waals surface area contributed by atoms with E-state index in [9.17, 15) is 0 Å². The molecule has 0 unspecified atom stereocenters. The van der Waals surface area contributed by atoms with Crippen LogP contribution in [0.15, 0.2) is 72.9 Å². The average Bonchev–Trinajstić information content (AvgIpc) is 3.00. The molecular formula is C15H16N2. The Balaban J connectivity index is 0.000000181. The Kier molecular flexibility index (Phi) is 4.37. The van der Waals surface area contributed by atoms with Gasteiger partial charge in [-0.2, -0.15) is 0 Å². The second-order valence-corrected chi connectivity index (χ2v) is 3.66. The largest absolute Gasteiger partial charge is 0.329 e. The second-order valence-electron chi connectivity index (χ2n) is 3.66. The van der Waals surface area contributed by atoms with Crippen molar-refractivity contribution in [1.29, 1.82) is 0 Å². The molecule has 2 aromatic rings. The van der Waals surface area contributed by atoms with Gasteiger partial charge in [-0.15, -0.1) is 0 Å². The van der Waals surface area contributed by atoms with Crippen LogP contribution in [0.5, 0.6) is 0 Å². The summed E-state index contributed by atoms with van der Waals surface area (Å²) in [5, 5.41) is 0. The fourth-order valence-electron chi connectivity index (χ4n) is 1.56. The zero-order valence-electron chi connectivity index (χ0n) is 9.64. The van der Waals surface area contributed by atoms with Crippen LogP contribution in [-0.2, 0) is 0 Å². The lowest BCUT2D eigenvalue weighted by Crippen LogP contribution is -2.19. The van der Waals surface area contributed by atoms with E-state index in [-0.39, 0.29) is 0 Å². The normalized spacial score (nSPS) is 12.5. The van der Waals surface area contributed by atoms with E-state index < -0.39 is 0 Å². The predicted molar refractivity (Wildman–Crippen MR) is 72.2 cm³/mol. The second kappa shape index (κ2) is 6.51. The monoisotopic (exact) mass is 224 g/mol. The van der Waals surface area contributed by atoms with Crippen molar-refractivity contribution in [3.8, 4) is 11.1 Å². The predicted octanol–water partition coefficient (Wildman–Crippen LogP) is 2.96. The molecule has 0 atom stereocenters. The summed E-state index contributed by atoms with van der Waals surface area (Å²) in [7, 11) is 0. The molecule has 17 heavy (non-hydrogen) atoms. The highest BCUT2D eigenvalue weighted by Gasteiger charge is 1.91. The Morgan fingerprint density at radius 1 is 0.706 bits per heavy atom. The van der Waals surface area contributed by atoms with Crippen LogP contribution >= 0.6 is 0 Å². The van der Waals surface area contributed by atoms with Crippen LogP contribution < -0.4 is 10.9 Å². The molecule has 86 valence electrons. The van der Waals surface area contributed by atoms with Crippen LogP contribution in [0.4, 0.5) is 0 Å². The SMILES string of the molecule is C1=CNNC1.c1ccc(-c2ccccc2)cc1. The summed E-state index contributed by atoms with van der Waals surface area (Å²) in [5.74, 6) is 0. The molecular weight excluding hydrogens is 208 g/mol. The van der Waals surface area contributed by atoms with E-state index in [4.69, 9.17) is 0 Å². The smallest absolute Gasteiger partial charge is 0.0345 e. The van der Waals surface area contributed by atoms with Crippen molar-refractivity contribution < 1.29 is 0 Å². The van der Waals surface area contributed by atoms with Crippen LogP contribution in [-0.4, -0.2) is 6.54 Å². The van der Waals surface area contributed by atoms with Gasteiger partial charge < -0.3 is 5.43 Å². The summed E-state index contributed by atoms with van der Waals surface area (Å²) in [6, 6.07) is 20.8. The lowest BCUT2D eigenvalue weighted by molar-refractivity contribution is 0.727. The minimum atomic E-state index is 0.958.